The van der Waals surface area contributed by atoms with E-state index in [2.05, 4.69) is 13.2 Å². The van der Waals surface area contributed by atoms with Gasteiger partial charge in [0.1, 0.15) is 10.5 Å². The zero-order chi connectivity index (χ0) is 6.41. The normalized spacial score (nSPS) is 9.62. The van der Waals surface area contributed by atoms with E-state index in [0.717, 1.165) is 17.1 Å². The van der Waals surface area contributed by atoms with Crippen LogP contribution in [0.4, 0.5) is 0 Å². The van der Waals surface area contributed by atoms with Gasteiger partial charge < -0.3 is 4.43 Å². The first-order valence-electron chi connectivity index (χ1n) is 2.59. The van der Waals surface area contributed by atoms with Crippen molar-refractivity contribution >= 4 is 10.5 Å². The summed E-state index contributed by atoms with van der Waals surface area (Å²) in [6, 6.07) is 0. The molecule has 8 heavy (non-hydrogen) atoms. The summed E-state index contributed by atoms with van der Waals surface area (Å²) >= 11 is 0. The van der Waals surface area contributed by atoms with Crippen LogP contribution in [0, 0.1) is 5.92 Å². The third kappa shape index (κ3) is 2.77. The van der Waals surface area contributed by atoms with Crippen LogP contribution in [0.25, 0.3) is 0 Å². The van der Waals surface area contributed by atoms with Crippen LogP contribution in [0.5, 0.6) is 0 Å². The van der Waals surface area contributed by atoms with Gasteiger partial charge in [0.25, 0.3) is 0 Å². The van der Waals surface area contributed by atoms with E-state index in [1.54, 1.807) is 0 Å². The van der Waals surface area contributed by atoms with Crippen molar-refractivity contribution < 1.29 is 4.43 Å². The highest BCUT2D eigenvalue weighted by Crippen LogP contribution is 1.96. The second kappa shape index (κ2) is 4.81. The van der Waals surface area contributed by atoms with Crippen molar-refractivity contribution in [3.05, 3.63) is 25.3 Å². The first-order valence-corrected chi connectivity index (χ1v) is 3.40. The molecule has 0 spiro atoms. The smallest absolute Gasteiger partial charge is 0.146 e. The van der Waals surface area contributed by atoms with E-state index in [9.17, 15) is 0 Å². The molecule has 0 aromatic carbocycles. The lowest BCUT2D eigenvalue weighted by Gasteiger charge is -2.02. The Morgan fingerprint density at radius 2 is 2.00 bits per heavy atom. The van der Waals surface area contributed by atoms with Crippen molar-refractivity contribution in [2.45, 2.75) is 0 Å². The molecule has 46 valence electrons. The van der Waals surface area contributed by atoms with Crippen LogP contribution in [0.1, 0.15) is 0 Å². The van der Waals surface area contributed by atoms with Crippen LogP contribution in [0.2, 0.25) is 0 Å². The average molecular weight is 128 g/mol. The fraction of sp³-hybridized carbons (Fsp3) is 0.333. The standard InChI is InChI=1S/C6H12OSi/c1-3-6(4-2)5-7-8/h3-4,6H,1-2,5H2,8H3. The molecule has 0 unspecified atom stereocenters. The minimum atomic E-state index is 0.340. The Balaban J connectivity index is 3.35. The van der Waals surface area contributed by atoms with E-state index >= 15 is 0 Å². The Morgan fingerprint density at radius 3 is 2.12 bits per heavy atom. The van der Waals surface area contributed by atoms with Gasteiger partial charge in [-0.25, -0.2) is 0 Å². The maximum absolute atomic E-state index is 4.98. The Morgan fingerprint density at radius 1 is 1.50 bits per heavy atom. The summed E-state index contributed by atoms with van der Waals surface area (Å²) in [5, 5.41) is 0. The minimum Gasteiger partial charge on any atom is -0.427 e. The zero-order valence-corrected chi connectivity index (χ0v) is 7.26. The lowest BCUT2D eigenvalue weighted by Crippen LogP contribution is -2.00. The van der Waals surface area contributed by atoms with Crippen molar-refractivity contribution in [1.29, 1.82) is 0 Å². The summed E-state index contributed by atoms with van der Waals surface area (Å²) in [4.78, 5) is 0. The summed E-state index contributed by atoms with van der Waals surface area (Å²) in [5.74, 6) is 0.340. The van der Waals surface area contributed by atoms with E-state index in [1.165, 1.54) is 0 Å². The molecule has 0 saturated heterocycles. The molecule has 0 aliphatic carbocycles. The van der Waals surface area contributed by atoms with Crippen LogP contribution >= 0.6 is 0 Å². The summed E-state index contributed by atoms with van der Waals surface area (Å²) in [6.45, 7) is 7.98. The van der Waals surface area contributed by atoms with Crippen LogP contribution in [-0.2, 0) is 4.43 Å². The third-order valence-corrected chi connectivity index (χ3v) is 1.30. The highest BCUT2D eigenvalue weighted by molar-refractivity contribution is 5.97. The maximum Gasteiger partial charge on any atom is 0.146 e. The van der Waals surface area contributed by atoms with Crippen molar-refractivity contribution in [3.8, 4) is 0 Å². The molecule has 0 atom stereocenters. The van der Waals surface area contributed by atoms with Crippen molar-refractivity contribution in [2.75, 3.05) is 6.61 Å². The predicted octanol–water partition coefficient (Wildman–Crippen LogP) is 0.272. The predicted molar refractivity (Wildman–Crippen MR) is 39.8 cm³/mol. The summed E-state index contributed by atoms with van der Waals surface area (Å²) in [7, 11) is 0.800. The second-order valence-electron chi connectivity index (χ2n) is 1.59. The van der Waals surface area contributed by atoms with Gasteiger partial charge in [-0.05, 0) is 0 Å². The fourth-order valence-electron chi connectivity index (χ4n) is 0.425. The summed E-state index contributed by atoms with van der Waals surface area (Å²) in [6.07, 6.45) is 3.68. The first-order chi connectivity index (χ1) is 3.85. The van der Waals surface area contributed by atoms with Gasteiger partial charge in [0.2, 0.25) is 0 Å². The van der Waals surface area contributed by atoms with E-state index < -0.39 is 0 Å². The Bertz CT molecular complexity index is 72.6. The molecule has 0 amide bonds. The molecular weight excluding hydrogens is 116 g/mol. The van der Waals surface area contributed by atoms with Gasteiger partial charge in [0, 0.05) is 12.5 Å². The molecule has 0 aromatic heterocycles. The largest absolute Gasteiger partial charge is 0.427 e. The van der Waals surface area contributed by atoms with E-state index in [0.29, 0.717) is 5.92 Å². The minimum absolute atomic E-state index is 0.340. The highest BCUT2D eigenvalue weighted by atomic mass is 28.2. The number of rotatable bonds is 4. The maximum atomic E-state index is 4.98. The molecule has 0 radical (unpaired) electrons. The van der Waals surface area contributed by atoms with Crippen molar-refractivity contribution in [3.63, 3.8) is 0 Å². The van der Waals surface area contributed by atoms with Crippen LogP contribution in [0.3, 0.4) is 0 Å². The molecule has 0 aromatic rings. The molecule has 0 fully saturated rings. The van der Waals surface area contributed by atoms with Gasteiger partial charge in [0.15, 0.2) is 0 Å². The van der Waals surface area contributed by atoms with Crippen molar-refractivity contribution in [1.82, 2.24) is 0 Å². The fourth-order valence-corrected chi connectivity index (χ4v) is 0.810. The molecule has 0 aliphatic heterocycles. The Hall–Kier alpha value is -0.343. The summed E-state index contributed by atoms with van der Waals surface area (Å²) < 4.78 is 4.98. The molecule has 0 saturated carbocycles. The topological polar surface area (TPSA) is 9.23 Å². The monoisotopic (exact) mass is 128 g/mol. The second-order valence-corrected chi connectivity index (χ2v) is 2.17. The molecule has 0 rings (SSSR count). The SMILES string of the molecule is C=CC(C=C)CO[SiH3]. The highest BCUT2D eigenvalue weighted by Gasteiger charge is 1.92. The molecule has 0 heterocycles. The number of hydrogen-bond donors (Lipinski definition) is 0. The quantitative estimate of drug-likeness (QED) is 0.390. The zero-order valence-electron chi connectivity index (χ0n) is 5.26. The van der Waals surface area contributed by atoms with Crippen LogP contribution in [0.15, 0.2) is 25.3 Å². The van der Waals surface area contributed by atoms with E-state index in [-0.39, 0.29) is 0 Å². The van der Waals surface area contributed by atoms with Gasteiger partial charge in [-0.3, -0.25) is 0 Å². The van der Waals surface area contributed by atoms with Crippen molar-refractivity contribution in [2.24, 2.45) is 5.92 Å². The van der Waals surface area contributed by atoms with Crippen LogP contribution < -0.4 is 0 Å². The lowest BCUT2D eigenvalue weighted by molar-refractivity contribution is 0.326. The van der Waals surface area contributed by atoms with Gasteiger partial charge in [-0.2, -0.15) is 0 Å². The van der Waals surface area contributed by atoms with E-state index in [4.69, 9.17) is 4.43 Å². The average Bonchev–Trinajstić information content (AvgIpc) is 1.83. The molecule has 0 aliphatic rings. The lowest BCUT2D eigenvalue weighted by atomic mass is 10.2. The molecular formula is C6H12OSi. The molecule has 2 heteroatoms. The Kier molecular flexibility index (Phi) is 4.60. The van der Waals surface area contributed by atoms with Gasteiger partial charge in [-0.15, -0.1) is 13.2 Å². The van der Waals surface area contributed by atoms with E-state index in [1.807, 2.05) is 12.2 Å². The van der Waals surface area contributed by atoms with Gasteiger partial charge >= 0.3 is 0 Å². The first kappa shape index (κ1) is 7.66. The van der Waals surface area contributed by atoms with Gasteiger partial charge in [-0.1, -0.05) is 12.2 Å². The summed E-state index contributed by atoms with van der Waals surface area (Å²) in [5.41, 5.74) is 0. The molecule has 0 N–H and O–H groups in total. The molecule has 1 nitrogen and oxygen atoms in total. The Labute approximate surface area is 53.6 Å². The van der Waals surface area contributed by atoms with Gasteiger partial charge in [0.05, 0.1) is 0 Å². The van der Waals surface area contributed by atoms with Crippen LogP contribution in [-0.4, -0.2) is 17.1 Å². The third-order valence-electron chi connectivity index (χ3n) is 0.965. The number of hydrogen-bond acceptors (Lipinski definition) is 1. The molecule has 0 bridgehead atoms.